The van der Waals surface area contributed by atoms with Crippen molar-refractivity contribution in [3.63, 3.8) is 0 Å². The minimum atomic E-state index is -0.322. The number of benzene rings is 1. The first kappa shape index (κ1) is 26.1. The average molecular weight is 497 g/mol. The molecule has 0 unspecified atom stereocenters. The molecule has 0 spiro atoms. The van der Waals surface area contributed by atoms with Gasteiger partial charge in [0, 0.05) is 19.2 Å². The minimum Gasteiger partial charge on any atom is -0.492 e. The summed E-state index contributed by atoms with van der Waals surface area (Å²) in [7, 11) is 0. The number of pyridine rings is 1. The zero-order chi connectivity index (χ0) is 25.2. The van der Waals surface area contributed by atoms with Gasteiger partial charge < -0.3 is 29.5 Å². The standard InChI is InChI=1S/C27H36N4O5/c1-19-15-20(8-10-24(19)34-14-13-28-22(16-32)17-33)9-11-25-30-27(36-31-25)23-7-4-12-29-26(23)35-18-21-5-2-3-6-21/h4,7-8,10,12,15,21-22,28,32-33H,2-3,5-6,9,11,13-14,16-18H2,1H3. The van der Waals surface area contributed by atoms with Gasteiger partial charge in [-0.2, -0.15) is 4.98 Å². The summed E-state index contributed by atoms with van der Waals surface area (Å²) in [5.41, 5.74) is 2.93. The summed E-state index contributed by atoms with van der Waals surface area (Å²) in [6, 6.07) is 9.53. The highest BCUT2D eigenvalue weighted by Gasteiger charge is 2.19. The predicted molar refractivity (Wildman–Crippen MR) is 135 cm³/mol. The van der Waals surface area contributed by atoms with Crippen molar-refractivity contribution in [2.24, 2.45) is 5.92 Å². The van der Waals surface area contributed by atoms with Gasteiger partial charge in [-0.3, -0.25) is 0 Å². The summed E-state index contributed by atoms with van der Waals surface area (Å²) < 4.78 is 17.4. The van der Waals surface area contributed by atoms with E-state index in [0.29, 0.717) is 49.7 Å². The van der Waals surface area contributed by atoms with E-state index in [1.807, 2.05) is 31.2 Å². The fraction of sp³-hybridized carbons (Fsp3) is 0.519. The van der Waals surface area contributed by atoms with Gasteiger partial charge in [0.15, 0.2) is 5.82 Å². The first-order valence-electron chi connectivity index (χ1n) is 12.7. The number of hydrogen-bond acceptors (Lipinski definition) is 9. The van der Waals surface area contributed by atoms with E-state index in [9.17, 15) is 0 Å². The Balaban J connectivity index is 1.29. The molecule has 194 valence electrons. The van der Waals surface area contributed by atoms with Crippen LogP contribution in [0.4, 0.5) is 0 Å². The van der Waals surface area contributed by atoms with E-state index >= 15 is 0 Å². The number of ether oxygens (including phenoxy) is 2. The minimum absolute atomic E-state index is 0.107. The largest absolute Gasteiger partial charge is 0.492 e. The SMILES string of the molecule is Cc1cc(CCc2noc(-c3cccnc3OCC3CCCC3)n2)ccc1OCCNC(CO)CO. The third-order valence-electron chi connectivity index (χ3n) is 6.51. The van der Waals surface area contributed by atoms with Crippen LogP contribution in [0, 0.1) is 12.8 Å². The lowest BCUT2D eigenvalue weighted by Crippen LogP contribution is -2.38. The van der Waals surface area contributed by atoms with E-state index in [1.54, 1.807) is 6.20 Å². The Hall–Kier alpha value is -3.01. The second-order valence-corrected chi connectivity index (χ2v) is 9.30. The summed E-state index contributed by atoms with van der Waals surface area (Å²) in [5.74, 6) is 3.03. The number of aromatic nitrogens is 3. The zero-order valence-electron chi connectivity index (χ0n) is 20.9. The number of aliphatic hydroxyl groups excluding tert-OH is 2. The Morgan fingerprint density at radius 3 is 2.72 bits per heavy atom. The molecule has 9 nitrogen and oxygen atoms in total. The highest BCUT2D eigenvalue weighted by molar-refractivity contribution is 5.59. The topological polar surface area (TPSA) is 123 Å². The van der Waals surface area contributed by atoms with Crippen LogP contribution in [0.5, 0.6) is 11.6 Å². The van der Waals surface area contributed by atoms with Gasteiger partial charge in [-0.25, -0.2) is 4.98 Å². The lowest BCUT2D eigenvalue weighted by atomic mass is 10.1. The van der Waals surface area contributed by atoms with Crippen molar-refractivity contribution in [3.8, 4) is 23.1 Å². The van der Waals surface area contributed by atoms with Gasteiger partial charge >= 0.3 is 0 Å². The molecular formula is C27H36N4O5. The van der Waals surface area contributed by atoms with Crippen LogP contribution in [0.3, 0.4) is 0 Å². The number of aryl methyl sites for hydroxylation is 3. The molecule has 4 rings (SSSR count). The maximum atomic E-state index is 9.09. The van der Waals surface area contributed by atoms with Crippen molar-refractivity contribution in [3.05, 3.63) is 53.5 Å². The fourth-order valence-electron chi connectivity index (χ4n) is 4.40. The fourth-order valence-corrected chi connectivity index (χ4v) is 4.40. The van der Waals surface area contributed by atoms with Crippen LogP contribution >= 0.6 is 0 Å². The summed E-state index contributed by atoms with van der Waals surface area (Å²) in [6.45, 7) is 3.46. The Morgan fingerprint density at radius 2 is 1.94 bits per heavy atom. The third kappa shape index (κ3) is 7.25. The highest BCUT2D eigenvalue weighted by Crippen LogP contribution is 2.30. The normalized spacial score (nSPS) is 14.0. The molecule has 1 fully saturated rings. The van der Waals surface area contributed by atoms with Gasteiger partial charge in [0.2, 0.25) is 5.88 Å². The molecule has 0 radical (unpaired) electrons. The van der Waals surface area contributed by atoms with E-state index < -0.39 is 0 Å². The first-order chi connectivity index (χ1) is 17.7. The van der Waals surface area contributed by atoms with Crippen LogP contribution in [-0.4, -0.2) is 64.4 Å². The maximum Gasteiger partial charge on any atom is 0.263 e. The quantitative estimate of drug-likeness (QED) is 0.289. The van der Waals surface area contributed by atoms with Gasteiger partial charge in [0.05, 0.1) is 25.9 Å². The van der Waals surface area contributed by atoms with Crippen LogP contribution in [0.2, 0.25) is 0 Å². The molecule has 36 heavy (non-hydrogen) atoms. The highest BCUT2D eigenvalue weighted by atomic mass is 16.5. The number of nitrogens with one attached hydrogen (secondary N) is 1. The number of hydrogen-bond donors (Lipinski definition) is 3. The van der Waals surface area contributed by atoms with Gasteiger partial charge in [-0.1, -0.05) is 30.1 Å². The molecular weight excluding hydrogens is 460 g/mol. The lowest BCUT2D eigenvalue weighted by Gasteiger charge is -2.14. The van der Waals surface area contributed by atoms with Gasteiger partial charge in [-0.15, -0.1) is 0 Å². The third-order valence-corrected chi connectivity index (χ3v) is 6.51. The van der Waals surface area contributed by atoms with Gasteiger partial charge in [-0.05, 0) is 61.4 Å². The van der Waals surface area contributed by atoms with Gasteiger partial charge in [0.1, 0.15) is 17.9 Å². The number of nitrogens with zero attached hydrogens (tertiary/aromatic N) is 3. The summed E-state index contributed by atoms with van der Waals surface area (Å²) in [6.07, 6.45) is 8.13. The molecule has 1 aromatic carbocycles. The predicted octanol–water partition coefficient (Wildman–Crippen LogP) is 3.12. The molecule has 0 aliphatic heterocycles. The molecule has 0 saturated heterocycles. The van der Waals surface area contributed by atoms with E-state index in [1.165, 1.54) is 25.7 Å². The molecule has 2 aromatic heterocycles. The van der Waals surface area contributed by atoms with E-state index in [4.69, 9.17) is 24.2 Å². The second-order valence-electron chi connectivity index (χ2n) is 9.30. The van der Waals surface area contributed by atoms with Crippen LogP contribution in [0.25, 0.3) is 11.5 Å². The van der Waals surface area contributed by atoms with Crippen molar-refractivity contribution < 1.29 is 24.2 Å². The monoisotopic (exact) mass is 496 g/mol. The average Bonchev–Trinajstić information content (AvgIpc) is 3.60. The van der Waals surface area contributed by atoms with Crippen LogP contribution in [0.1, 0.15) is 42.6 Å². The second kappa shape index (κ2) is 13.3. The first-order valence-corrected chi connectivity index (χ1v) is 12.7. The zero-order valence-corrected chi connectivity index (χ0v) is 20.9. The molecule has 1 aliphatic rings. The Kier molecular flexibility index (Phi) is 9.66. The van der Waals surface area contributed by atoms with Crippen molar-refractivity contribution in [2.45, 2.75) is 51.5 Å². The van der Waals surface area contributed by atoms with E-state index in [-0.39, 0.29) is 19.3 Å². The van der Waals surface area contributed by atoms with E-state index in [0.717, 1.165) is 28.9 Å². The van der Waals surface area contributed by atoms with Crippen molar-refractivity contribution in [2.75, 3.05) is 33.0 Å². The van der Waals surface area contributed by atoms with Crippen molar-refractivity contribution in [1.29, 1.82) is 0 Å². The molecule has 0 bridgehead atoms. The molecule has 2 heterocycles. The summed E-state index contributed by atoms with van der Waals surface area (Å²) >= 11 is 0. The lowest BCUT2D eigenvalue weighted by molar-refractivity contribution is 0.166. The number of aliphatic hydroxyl groups is 2. The summed E-state index contributed by atoms with van der Waals surface area (Å²) in [4.78, 5) is 8.98. The van der Waals surface area contributed by atoms with Crippen LogP contribution in [0.15, 0.2) is 41.1 Å². The van der Waals surface area contributed by atoms with Crippen LogP contribution < -0.4 is 14.8 Å². The molecule has 3 aromatic rings. The Morgan fingerprint density at radius 1 is 1.11 bits per heavy atom. The molecule has 3 N–H and O–H groups in total. The number of rotatable bonds is 14. The van der Waals surface area contributed by atoms with E-state index in [2.05, 4.69) is 26.5 Å². The van der Waals surface area contributed by atoms with Crippen molar-refractivity contribution in [1.82, 2.24) is 20.4 Å². The van der Waals surface area contributed by atoms with Crippen LogP contribution in [-0.2, 0) is 12.8 Å². The smallest absolute Gasteiger partial charge is 0.263 e. The Bertz CT molecular complexity index is 1080. The van der Waals surface area contributed by atoms with Crippen molar-refractivity contribution >= 4 is 0 Å². The Labute approximate surface area is 211 Å². The molecule has 1 saturated carbocycles. The molecule has 0 amide bonds. The maximum absolute atomic E-state index is 9.09. The van der Waals surface area contributed by atoms with Gasteiger partial charge in [0.25, 0.3) is 5.89 Å². The molecule has 1 aliphatic carbocycles. The molecule has 0 atom stereocenters. The molecule has 9 heteroatoms. The summed E-state index contributed by atoms with van der Waals surface area (Å²) in [5, 5.41) is 25.4.